The molecule has 1 atom stereocenters. The van der Waals surface area contributed by atoms with Gasteiger partial charge in [0.25, 0.3) is 0 Å². The predicted octanol–water partition coefficient (Wildman–Crippen LogP) is 2.45. The number of fused-ring (bicyclic) bond motifs is 1. The number of hydrogen-bond acceptors (Lipinski definition) is 4. The normalized spacial score (nSPS) is 23.7. The Kier molecular flexibility index (Phi) is 4.19. The predicted molar refractivity (Wildman–Crippen MR) is 96.0 cm³/mol. The topological polar surface area (TPSA) is 22.6 Å². The molecule has 0 amide bonds. The van der Waals surface area contributed by atoms with Crippen molar-refractivity contribution in [2.24, 2.45) is 0 Å². The van der Waals surface area contributed by atoms with Crippen LogP contribution in [-0.4, -0.2) is 66.6 Å². The maximum absolute atomic E-state index is 4.86. The number of anilines is 1. The summed E-state index contributed by atoms with van der Waals surface area (Å²) in [6.07, 6.45) is 1.26. The van der Waals surface area contributed by atoms with Crippen molar-refractivity contribution in [1.82, 2.24) is 14.8 Å². The van der Waals surface area contributed by atoms with Gasteiger partial charge in [-0.1, -0.05) is 25.1 Å². The minimum Gasteiger partial charge on any atom is -0.355 e. The second-order valence-electron chi connectivity index (χ2n) is 6.72. The SMILES string of the molecule is CCN1CCN(C2CCN(c3ccc4ccccc4n3)C2)CC1. The molecule has 4 heteroatoms. The van der Waals surface area contributed by atoms with Gasteiger partial charge < -0.3 is 9.80 Å². The molecule has 0 N–H and O–H groups in total. The highest BCUT2D eigenvalue weighted by Crippen LogP contribution is 2.24. The smallest absolute Gasteiger partial charge is 0.129 e. The van der Waals surface area contributed by atoms with Gasteiger partial charge in [0, 0.05) is 50.7 Å². The summed E-state index contributed by atoms with van der Waals surface area (Å²) >= 11 is 0. The molecule has 1 unspecified atom stereocenters. The molecule has 2 fully saturated rings. The number of pyridine rings is 1. The second kappa shape index (κ2) is 6.46. The first kappa shape index (κ1) is 14.9. The zero-order valence-electron chi connectivity index (χ0n) is 14.0. The molecule has 122 valence electrons. The van der Waals surface area contributed by atoms with Crippen molar-refractivity contribution < 1.29 is 0 Å². The van der Waals surface area contributed by atoms with Gasteiger partial charge in [-0.25, -0.2) is 4.98 Å². The molecule has 0 bridgehead atoms. The first-order valence-corrected chi connectivity index (χ1v) is 8.90. The number of para-hydroxylation sites is 1. The molecule has 1 aromatic heterocycles. The Morgan fingerprint density at radius 3 is 2.65 bits per heavy atom. The van der Waals surface area contributed by atoms with Crippen LogP contribution >= 0.6 is 0 Å². The van der Waals surface area contributed by atoms with Crippen molar-refractivity contribution in [2.75, 3.05) is 50.7 Å². The average molecular weight is 310 g/mol. The Morgan fingerprint density at radius 1 is 1.00 bits per heavy atom. The minimum absolute atomic E-state index is 0.697. The van der Waals surface area contributed by atoms with Crippen LogP contribution in [0.25, 0.3) is 10.9 Å². The summed E-state index contributed by atoms with van der Waals surface area (Å²) in [6, 6.07) is 13.5. The van der Waals surface area contributed by atoms with E-state index in [0.717, 1.165) is 24.4 Å². The fraction of sp³-hybridized carbons (Fsp3) is 0.526. The minimum atomic E-state index is 0.697. The van der Waals surface area contributed by atoms with Gasteiger partial charge in [-0.3, -0.25) is 4.90 Å². The number of likely N-dealkylation sites (N-methyl/N-ethyl adjacent to an activating group) is 1. The monoisotopic (exact) mass is 310 g/mol. The van der Waals surface area contributed by atoms with Crippen molar-refractivity contribution in [2.45, 2.75) is 19.4 Å². The molecule has 0 radical (unpaired) electrons. The summed E-state index contributed by atoms with van der Waals surface area (Å²) in [7, 11) is 0. The number of piperazine rings is 1. The molecule has 4 rings (SSSR count). The molecule has 23 heavy (non-hydrogen) atoms. The molecule has 2 saturated heterocycles. The van der Waals surface area contributed by atoms with Crippen molar-refractivity contribution in [1.29, 1.82) is 0 Å². The van der Waals surface area contributed by atoms with E-state index >= 15 is 0 Å². The van der Waals surface area contributed by atoms with Crippen molar-refractivity contribution in [3.05, 3.63) is 36.4 Å². The Labute approximate surface area is 138 Å². The summed E-state index contributed by atoms with van der Waals surface area (Å²) in [5.41, 5.74) is 1.10. The molecule has 0 aliphatic carbocycles. The van der Waals surface area contributed by atoms with Crippen LogP contribution in [0.15, 0.2) is 36.4 Å². The number of aromatic nitrogens is 1. The largest absolute Gasteiger partial charge is 0.355 e. The van der Waals surface area contributed by atoms with Crippen molar-refractivity contribution in [3.8, 4) is 0 Å². The Bertz CT molecular complexity index is 663. The standard InChI is InChI=1S/C19H26N4/c1-2-21-11-13-22(14-12-21)17-9-10-23(15-17)19-8-7-16-5-3-4-6-18(16)20-19/h3-8,17H,2,9-15H2,1H3. The van der Waals surface area contributed by atoms with E-state index < -0.39 is 0 Å². The molecular formula is C19H26N4. The molecule has 1 aromatic carbocycles. The van der Waals surface area contributed by atoms with Gasteiger partial charge in [0.05, 0.1) is 5.52 Å². The van der Waals surface area contributed by atoms with Gasteiger partial charge >= 0.3 is 0 Å². The highest BCUT2D eigenvalue weighted by atomic mass is 15.3. The Hall–Kier alpha value is -1.65. The van der Waals surface area contributed by atoms with Crippen molar-refractivity contribution >= 4 is 16.7 Å². The zero-order chi connectivity index (χ0) is 15.6. The van der Waals surface area contributed by atoms with E-state index in [0.29, 0.717) is 6.04 Å². The van der Waals surface area contributed by atoms with Gasteiger partial charge in [0.15, 0.2) is 0 Å². The van der Waals surface area contributed by atoms with Crippen LogP contribution < -0.4 is 4.90 Å². The molecule has 2 aromatic rings. The summed E-state index contributed by atoms with van der Waals surface area (Å²) in [4.78, 5) is 12.6. The van der Waals surface area contributed by atoms with E-state index in [1.165, 1.54) is 44.5 Å². The first-order chi connectivity index (χ1) is 11.3. The van der Waals surface area contributed by atoms with Gasteiger partial charge in [-0.2, -0.15) is 0 Å². The van der Waals surface area contributed by atoms with Crippen molar-refractivity contribution in [3.63, 3.8) is 0 Å². The Balaban J connectivity index is 1.43. The highest BCUT2D eigenvalue weighted by molar-refractivity contribution is 5.80. The number of hydrogen-bond donors (Lipinski definition) is 0. The number of nitrogens with zero attached hydrogens (tertiary/aromatic N) is 4. The fourth-order valence-electron chi connectivity index (χ4n) is 3.92. The number of benzene rings is 1. The molecule has 0 saturated carbocycles. The summed E-state index contributed by atoms with van der Waals surface area (Å²) in [5, 5.41) is 1.22. The van der Waals surface area contributed by atoms with Crippen LogP contribution in [-0.2, 0) is 0 Å². The van der Waals surface area contributed by atoms with Crippen LogP contribution in [0, 0.1) is 0 Å². The van der Waals surface area contributed by atoms with E-state index in [1.54, 1.807) is 0 Å². The van der Waals surface area contributed by atoms with E-state index in [9.17, 15) is 0 Å². The maximum Gasteiger partial charge on any atom is 0.129 e. The summed E-state index contributed by atoms with van der Waals surface area (Å²) in [5.74, 6) is 1.14. The zero-order valence-corrected chi connectivity index (χ0v) is 14.0. The van der Waals surface area contributed by atoms with Crippen LogP contribution in [0.3, 0.4) is 0 Å². The molecule has 3 heterocycles. The lowest BCUT2D eigenvalue weighted by Gasteiger charge is -2.37. The van der Waals surface area contributed by atoms with Gasteiger partial charge in [0.1, 0.15) is 5.82 Å². The maximum atomic E-state index is 4.86. The summed E-state index contributed by atoms with van der Waals surface area (Å²) < 4.78 is 0. The van der Waals surface area contributed by atoms with Gasteiger partial charge in [-0.05, 0) is 31.2 Å². The lowest BCUT2D eigenvalue weighted by molar-refractivity contribution is 0.107. The highest BCUT2D eigenvalue weighted by Gasteiger charge is 2.30. The first-order valence-electron chi connectivity index (χ1n) is 8.90. The van der Waals surface area contributed by atoms with E-state index in [1.807, 2.05) is 0 Å². The lowest BCUT2D eigenvalue weighted by Crippen LogP contribution is -2.50. The third-order valence-electron chi connectivity index (χ3n) is 5.44. The van der Waals surface area contributed by atoms with E-state index in [-0.39, 0.29) is 0 Å². The van der Waals surface area contributed by atoms with Crippen LogP contribution in [0.1, 0.15) is 13.3 Å². The molecule has 4 nitrogen and oxygen atoms in total. The van der Waals surface area contributed by atoms with Gasteiger partial charge in [0.2, 0.25) is 0 Å². The van der Waals surface area contributed by atoms with Gasteiger partial charge in [-0.15, -0.1) is 0 Å². The average Bonchev–Trinajstić information content (AvgIpc) is 3.11. The quantitative estimate of drug-likeness (QED) is 0.868. The molecular weight excluding hydrogens is 284 g/mol. The van der Waals surface area contributed by atoms with Crippen LogP contribution in [0.5, 0.6) is 0 Å². The Morgan fingerprint density at radius 2 is 1.83 bits per heavy atom. The van der Waals surface area contributed by atoms with E-state index in [4.69, 9.17) is 4.98 Å². The lowest BCUT2D eigenvalue weighted by atomic mass is 10.2. The molecule has 0 spiro atoms. The molecule has 2 aliphatic rings. The number of rotatable bonds is 3. The van der Waals surface area contributed by atoms with Crippen LogP contribution in [0.2, 0.25) is 0 Å². The summed E-state index contributed by atoms with van der Waals surface area (Å²) in [6.45, 7) is 10.6. The fourth-order valence-corrected chi connectivity index (χ4v) is 3.92. The van der Waals surface area contributed by atoms with Crippen LogP contribution in [0.4, 0.5) is 5.82 Å². The third-order valence-corrected chi connectivity index (χ3v) is 5.44. The second-order valence-corrected chi connectivity index (χ2v) is 6.72. The van der Waals surface area contributed by atoms with E-state index in [2.05, 4.69) is 58.0 Å². The third kappa shape index (κ3) is 3.06. The molecule has 2 aliphatic heterocycles.